The molecule has 0 radical (unpaired) electrons. The SMILES string of the molecule is CC(Oc1ccc(Cl)cc1Cl)C(=O)NNC(=O)CCC(=O)Nc1ccccc1. The Hall–Kier alpha value is -2.77. The third-order valence-electron chi connectivity index (χ3n) is 3.53. The topological polar surface area (TPSA) is 96.5 Å². The molecule has 1 unspecified atom stereocenters. The molecule has 3 N–H and O–H groups in total. The molecule has 0 spiro atoms. The van der Waals surface area contributed by atoms with Gasteiger partial charge in [-0.2, -0.15) is 0 Å². The van der Waals surface area contributed by atoms with Crippen LogP contribution in [0.25, 0.3) is 0 Å². The number of benzene rings is 2. The van der Waals surface area contributed by atoms with Gasteiger partial charge in [0, 0.05) is 23.6 Å². The number of carbonyl (C=O) groups excluding carboxylic acids is 3. The zero-order valence-electron chi connectivity index (χ0n) is 15.0. The van der Waals surface area contributed by atoms with E-state index in [0.29, 0.717) is 10.7 Å². The molecule has 2 rings (SSSR count). The maximum absolute atomic E-state index is 12.0. The van der Waals surface area contributed by atoms with E-state index < -0.39 is 17.9 Å². The van der Waals surface area contributed by atoms with Crippen LogP contribution < -0.4 is 20.9 Å². The van der Waals surface area contributed by atoms with Crippen molar-refractivity contribution in [1.82, 2.24) is 10.9 Å². The van der Waals surface area contributed by atoms with E-state index in [4.69, 9.17) is 27.9 Å². The van der Waals surface area contributed by atoms with Crippen LogP contribution in [-0.4, -0.2) is 23.8 Å². The van der Waals surface area contributed by atoms with Crippen LogP contribution in [0.3, 0.4) is 0 Å². The second-order valence-electron chi connectivity index (χ2n) is 5.79. The summed E-state index contributed by atoms with van der Waals surface area (Å²) in [5.74, 6) is -1.10. The molecule has 0 fully saturated rings. The van der Waals surface area contributed by atoms with Crippen molar-refractivity contribution in [1.29, 1.82) is 0 Å². The summed E-state index contributed by atoms with van der Waals surface area (Å²) in [4.78, 5) is 35.6. The molecule has 0 aromatic heterocycles. The van der Waals surface area contributed by atoms with Crippen LogP contribution in [0.2, 0.25) is 10.0 Å². The quantitative estimate of drug-likeness (QED) is 0.594. The highest BCUT2D eigenvalue weighted by Gasteiger charge is 2.17. The lowest BCUT2D eigenvalue weighted by Gasteiger charge is -2.16. The molecule has 9 heteroatoms. The number of nitrogens with one attached hydrogen (secondary N) is 3. The fourth-order valence-electron chi connectivity index (χ4n) is 2.08. The third-order valence-corrected chi connectivity index (χ3v) is 4.06. The van der Waals surface area contributed by atoms with Crippen LogP contribution >= 0.6 is 23.2 Å². The van der Waals surface area contributed by atoms with Crippen molar-refractivity contribution in [3.8, 4) is 5.75 Å². The third kappa shape index (κ3) is 7.09. The summed E-state index contributed by atoms with van der Waals surface area (Å²) in [5.41, 5.74) is 5.13. The molecule has 0 saturated carbocycles. The highest BCUT2D eigenvalue weighted by Crippen LogP contribution is 2.28. The van der Waals surface area contributed by atoms with E-state index in [0.717, 1.165) is 0 Å². The van der Waals surface area contributed by atoms with E-state index in [2.05, 4.69) is 16.2 Å². The average Bonchev–Trinajstić information content (AvgIpc) is 2.67. The largest absolute Gasteiger partial charge is 0.479 e. The zero-order valence-corrected chi connectivity index (χ0v) is 16.5. The number of rotatable bonds is 7. The number of hydrogen-bond donors (Lipinski definition) is 3. The van der Waals surface area contributed by atoms with E-state index in [1.165, 1.54) is 13.0 Å². The molecule has 0 heterocycles. The number of halogens is 2. The number of amides is 3. The van der Waals surface area contributed by atoms with Crippen molar-refractivity contribution < 1.29 is 19.1 Å². The van der Waals surface area contributed by atoms with Gasteiger partial charge in [-0.1, -0.05) is 41.4 Å². The highest BCUT2D eigenvalue weighted by molar-refractivity contribution is 6.35. The Labute approximate surface area is 172 Å². The van der Waals surface area contributed by atoms with Crippen LogP contribution in [0, 0.1) is 0 Å². The van der Waals surface area contributed by atoms with E-state index in [-0.39, 0.29) is 29.5 Å². The van der Waals surface area contributed by atoms with Gasteiger partial charge in [0.15, 0.2) is 6.10 Å². The predicted octanol–water partition coefficient (Wildman–Crippen LogP) is 3.33. The first-order valence-corrected chi connectivity index (χ1v) is 9.16. The highest BCUT2D eigenvalue weighted by atomic mass is 35.5. The van der Waals surface area contributed by atoms with Crippen LogP contribution in [0.15, 0.2) is 48.5 Å². The van der Waals surface area contributed by atoms with Crippen molar-refractivity contribution in [3.63, 3.8) is 0 Å². The van der Waals surface area contributed by atoms with Crippen LogP contribution in [0.5, 0.6) is 5.75 Å². The first-order valence-electron chi connectivity index (χ1n) is 8.40. The van der Waals surface area contributed by atoms with Crippen LogP contribution in [-0.2, 0) is 14.4 Å². The van der Waals surface area contributed by atoms with Gasteiger partial charge >= 0.3 is 0 Å². The number of ether oxygens (including phenoxy) is 1. The molecule has 2 aromatic carbocycles. The normalized spacial score (nSPS) is 11.2. The van der Waals surface area contributed by atoms with Crippen LogP contribution in [0.4, 0.5) is 5.69 Å². The molecule has 0 saturated heterocycles. The maximum atomic E-state index is 12.0. The van der Waals surface area contributed by atoms with Gasteiger partial charge < -0.3 is 10.1 Å². The molecule has 2 aromatic rings. The molecule has 0 aliphatic heterocycles. The van der Waals surface area contributed by atoms with E-state index in [9.17, 15) is 14.4 Å². The maximum Gasteiger partial charge on any atom is 0.279 e. The number of para-hydroxylation sites is 1. The first kappa shape index (κ1) is 21.5. The fraction of sp³-hybridized carbons (Fsp3) is 0.211. The molecule has 0 bridgehead atoms. The Morgan fingerprint density at radius 3 is 2.32 bits per heavy atom. The van der Waals surface area contributed by atoms with Gasteiger partial charge in [-0.15, -0.1) is 0 Å². The van der Waals surface area contributed by atoms with Crippen LogP contribution in [0.1, 0.15) is 19.8 Å². The Balaban J connectivity index is 1.71. The smallest absolute Gasteiger partial charge is 0.279 e. The number of anilines is 1. The van der Waals surface area contributed by atoms with Gasteiger partial charge in [0.2, 0.25) is 11.8 Å². The van der Waals surface area contributed by atoms with Gasteiger partial charge in [-0.25, -0.2) is 0 Å². The van der Waals surface area contributed by atoms with Gasteiger partial charge in [-0.05, 0) is 37.3 Å². The summed E-state index contributed by atoms with van der Waals surface area (Å²) in [5, 5.41) is 3.38. The summed E-state index contributed by atoms with van der Waals surface area (Å²) in [6.07, 6.45) is -1.03. The van der Waals surface area contributed by atoms with Crippen molar-refractivity contribution in [2.75, 3.05) is 5.32 Å². The summed E-state index contributed by atoms with van der Waals surface area (Å²) < 4.78 is 5.44. The second kappa shape index (κ2) is 10.5. The minimum absolute atomic E-state index is 0.0248. The first-order chi connectivity index (χ1) is 13.3. The molecule has 148 valence electrons. The molecule has 0 aliphatic carbocycles. The minimum Gasteiger partial charge on any atom is -0.479 e. The lowest BCUT2D eigenvalue weighted by atomic mass is 10.2. The minimum atomic E-state index is -0.916. The summed E-state index contributed by atoms with van der Waals surface area (Å²) >= 11 is 11.8. The summed E-state index contributed by atoms with van der Waals surface area (Å²) in [7, 11) is 0. The van der Waals surface area contributed by atoms with E-state index in [1.807, 2.05) is 6.07 Å². The van der Waals surface area contributed by atoms with Gasteiger partial charge in [0.1, 0.15) is 5.75 Å². The molecule has 7 nitrogen and oxygen atoms in total. The monoisotopic (exact) mass is 423 g/mol. The second-order valence-corrected chi connectivity index (χ2v) is 6.63. The summed E-state index contributed by atoms with van der Waals surface area (Å²) in [6, 6.07) is 13.5. The average molecular weight is 424 g/mol. The summed E-state index contributed by atoms with van der Waals surface area (Å²) in [6.45, 7) is 1.50. The lowest BCUT2D eigenvalue weighted by molar-refractivity contribution is -0.133. The van der Waals surface area contributed by atoms with Gasteiger partial charge in [0.05, 0.1) is 5.02 Å². The van der Waals surface area contributed by atoms with Crippen molar-refractivity contribution >= 4 is 46.6 Å². The van der Waals surface area contributed by atoms with Crippen molar-refractivity contribution in [2.24, 2.45) is 0 Å². The fourth-order valence-corrected chi connectivity index (χ4v) is 2.54. The lowest BCUT2D eigenvalue weighted by Crippen LogP contribution is -2.47. The van der Waals surface area contributed by atoms with Crippen molar-refractivity contribution in [3.05, 3.63) is 58.6 Å². The van der Waals surface area contributed by atoms with Crippen molar-refractivity contribution in [2.45, 2.75) is 25.9 Å². The number of carbonyl (C=O) groups is 3. The Bertz CT molecular complexity index is 846. The molecule has 28 heavy (non-hydrogen) atoms. The molecule has 0 aliphatic rings. The molecular formula is C19H19Cl2N3O4. The predicted molar refractivity (Wildman–Crippen MR) is 107 cm³/mol. The van der Waals surface area contributed by atoms with E-state index in [1.54, 1.807) is 36.4 Å². The Morgan fingerprint density at radius 1 is 0.964 bits per heavy atom. The Kier molecular flexibility index (Phi) is 8.10. The van der Waals surface area contributed by atoms with Gasteiger partial charge in [-0.3, -0.25) is 25.2 Å². The zero-order chi connectivity index (χ0) is 20.5. The number of hydrazine groups is 1. The van der Waals surface area contributed by atoms with Gasteiger partial charge in [0.25, 0.3) is 5.91 Å². The number of hydrogen-bond acceptors (Lipinski definition) is 4. The molecular weight excluding hydrogens is 405 g/mol. The standard InChI is InChI=1S/C19H19Cl2N3O4/c1-12(28-16-8-7-13(20)11-15(16)21)19(27)24-23-18(26)10-9-17(25)22-14-5-3-2-4-6-14/h2-8,11-12H,9-10H2,1H3,(H,22,25)(H,23,26)(H,24,27). The molecule has 3 amide bonds. The molecule has 1 atom stereocenters. The Morgan fingerprint density at radius 2 is 1.64 bits per heavy atom. The van der Waals surface area contributed by atoms with E-state index >= 15 is 0 Å².